The van der Waals surface area contributed by atoms with Crippen LogP contribution in [0.25, 0.3) is 0 Å². The summed E-state index contributed by atoms with van der Waals surface area (Å²) < 4.78 is 0. The highest BCUT2D eigenvalue weighted by atomic mass is 15.2. The van der Waals surface area contributed by atoms with Gasteiger partial charge in [-0.3, -0.25) is 0 Å². The summed E-state index contributed by atoms with van der Waals surface area (Å²) in [5.74, 6) is 1.86. The molecule has 0 aromatic heterocycles. The van der Waals surface area contributed by atoms with Gasteiger partial charge in [-0.1, -0.05) is 13.8 Å². The minimum absolute atomic E-state index is 0.682. The third-order valence-electron chi connectivity index (χ3n) is 4.94. The Balaban J connectivity index is 1.93. The lowest BCUT2D eigenvalue weighted by Crippen LogP contribution is -2.48. The van der Waals surface area contributed by atoms with Crippen LogP contribution >= 0.6 is 0 Å². The molecule has 0 aromatic rings. The number of nitrogens with zero attached hydrogens (tertiary/aromatic N) is 1. The lowest BCUT2D eigenvalue weighted by Gasteiger charge is -2.41. The first kappa shape index (κ1) is 14.3. The molecule has 1 aliphatic heterocycles. The zero-order chi connectivity index (χ0) is 13.1. The second-order valence-electron chi connectivity index (χ2n) is 7.15. The lowest BCUT2D eigenvalue weighted by atomic mass is 9.79. The molecule has 1 saturated carbocycles. The van der Waals surface area contributed by atoms with Crippen LogP contribution < -0.4 is 5.32 Å². The molecular weight excluding hydrogens is 220 g/mol. The molecule has 0 amide bonds. The van der Waals surface area contributed by atoms with Crippen LogP contribution in [0.15, 0.2) is 0 Å². The van der Waals surface area contributed by atoms with Crippen molar-refractivity contribution in [1.29, 1.82) is 0 Å². The van der Waals surface area contributed by atoms with Crippen LogP contribution in [0.5, 0.6) is 0 Å². The van der Waals surface area contributed by atoms with Gasteiger partial charge in [-0.2, -0.15) is 0 Å². The Morgan fingerprint density at radius 3 is 1.78 bits per heavy atom. The van der Waals surface area contributed by atoms with E-state index in [1.54, 1.807) is 0 Å². The monoisotopic (exact) mass is 252 g/mol. The normalized spacial score (nSPS) is 44.3. The molecule has 2 nitrogen and oxygen atoms in total. The van der Waals surface area contributed by atoms with Crippen LogP contribution in [0, 0.1) is 11.8 Å². The number of rotatable bonds is 1. The average molecular weight is 252 g/mol. The summed E-state index contributed by atoms with van der Waals surface area (Å²) in [4.78, 5) is 2.81. The second-order valence-corrected chi connectivity index (χ2v) is 7.15. The fourth-order valence-electron chi connectivity index (χ4n) is 4.05. The molecule has 1 saturated heterocycles. The molecule has 1 heterocycles. The molecule has 2 rings (SSSR count). The SMILES string of the molecule is CC1CC(C)CC(N2CCC(C)NC(C)CC2)C1. The van der Waals surface area contributed by atoms with Crippen molar-refractivity contribution in [1.82, 2.24) is 10.2 Å². The highest BCUT2D eigenvalue weighted by molar-refractivity contribution is 4.84. The summed E-state index contributed by atoms with van der Waals surface area (Å²) >= 11 is 0. The van der Waals surface area contributed by atoms with Crippen LogP contribution in [0.3, 0.4) is 0 Å². The van der Waals surface area contributed by atoms with E-state index in [1.165, 1.54) is 45.2 Å². The number of nitrogens with one attached hydrogen (secondary N) is 1. The Bertz CT molecular complexity index is 231. The van der Waals surface area contributed by atoms with E-state index in [0.717, 1.165) is 17.9 Å². The van der Waals surface area contributed by atoms with Crippen molar-refractivity contribution < 1.29 is 0 Å². The van der Waals surface area contributed by atoms with Crippen LogP contribution in [-0.4, -0.2) is 36.1 Å². The van der Waals surface area contributed by atoms with Gasteiger partial charge in [-0.25, -0.2) is 0 Å². The summed E-state index contributed by atoms with van der Waals surface area (Å²) in [5, 5.41) is 3.70. The summed E-state index contributed by atoms with van der Waals surface area (Å²) in [6, 6.07) is 2.23. The zero-order valence-corrected chi connectivity index (χ0v) is 12.8. The minimum Gasteiger partial charge on any atom is -0.312 e. The fraction of sp³-hybridized carbons (Fsp3) is 1.00. The summed E-state index contributed by atoms with van der Waals surface area (Å²) in [5.41, 5.74) is 0. The van der Waals surface area contributed by atoms with Crippen LogP contribution in [0.4, 0.5) is 0 Å². The molecule has 4 unspecified atom stereocenters. The highest BCUT2D eigenvalue weighted by Gasteiger charge is 2.29. The van der Waals surface area contributed by atoms with E-state index in [4.69, 9.17) is 0 Å². The van der Waals surface area contributed by atoms with E-state index in [9.17, 15) is 0 Å². The fourth-order valence-corrected chi connectivity index (χ4v) is 4.05. The standard InChI is InChI=1S/C16H32N2/c1-12-9-13(2)11-16(10-12)18-7-5-14(3)17-15(4)6-8-18/h12-17H,5-11H2,1-4H3. The van der Waals surface area contributed by atoms with Crippen molar-refractivity contribution in [3.63, 3.8) is 0 Å². The molecule has 18 heavy (non-hydrogen) atoms. The van der Waals surface area contributed by atoms with Crippen molar-refractivity contribution >= 4 is 0 Å². The van der Waals surface area contributed by atoms with Crippen LogP contribution in [-0.2, 0) is 0 Å². The molecule has 0 spiro atoms. The summed E-state index contributed by atoms with van der Waals surface area (Å²) in [7, 11) is 0. The van der Waals surface area contributed by atoms with Crippen molar-refractivity contribution in [3.05, 3.63) is 0 Å². The smallest absolute Gasteiger partial charge is 0.0100 e. The van der Waals surface area contributed by atoms with E-state index in [-0.39, 0.29) is 0 Å². The van der Waals surface area contributed by atoms with Gasteiger partial charge in [0.15, 0.2) is 0 Å². The zero-order valence-electron chi connectivity index (χ0n) is 12.8. The maximum Gasteiger partial charge on any atom is 0.0100 e. The van der Waals surface area contributed by atoms with Crippen LogP contribution in [0.1, 0.15) is 59.8 Å². The van der Waals surface area contributed by atoms with Gasteiger partial charge < -0.3 is 10.2 Å². The molecule has 0 aromatic carbocycles. The largest absolute Gasteiger partial charge is 0.312 e. The lowest BCUT2D eigenvalue weighted by molar-refractivity contribution is 0.0940. The van der Waals surface area contributed by atoms with E-state index < -0.39 is 0 Å². The van der Waals surface area contributed by atoms with Gasteiger partial charge >= 0.3 is 0 Å². The molecule has 2 fully saturated rings. The quantitative estimate of drug-likeness (QED) is 0.770. The van der Waals surface area contributed by atoms with Crippen molar-refractivity contribution in [2.24, 2.45) is 11.8 Å². The van der Waals surface area contributed by atoms with E-state index in [0.29, 0.717) is 12.1 Å². The first-order chi connectivity index (χ1) is 8.54. The van der Waals surface area contributed by atoms with Gasteiger partial charge in [0.25, 0.3) is 0 Å². The third kappa shape index (κ3) is 3.96. The summed E-state index contributed by atoms with van der Waals surface area (Å²) in [6.07, 6.45) is 6.92. The molecular formula is C16H32N2. The Hall–Kier alpha value is -0.0800. The average Bonchev–Trinajstić information content (AvgIpc) is 2.25. The van der Waals surface area contributed by atoms with Gasteiger partial charge in [0.05, 0.1) is 0 Å². The Kier molecular flexibility index (Phi) is 5.08. The van der Waals surface area contributed by atoms with Gasteiger partial charge in [0.2, 0.25) is 0 Å². The molecule has 0 bridgehead atoms. The Morgan fingerprint density at radius 1 is 0.778 bits per heavy atom. The third-order valence-corrected chi connectivity index (χ3v) is 4.94. The molecule has 4 atom stereocenters. The maximum atomic E-state index is 3.70. The van der Waals surface area contributed by atoms with Crippen LogP contribution in [0.2, 0.25) is 0 Å². The number of hydrogen-bond acceptors (Lipinski definition) is 2. The predicted molar refractivity (Wildman–Crippen MR) is 78.8 cm³/mol. The first-order valence-corrected chi connectivity index (χ1v) is 8.04. The van der Waals surface area contributed by atoms with E-state index in [1.807, 2.05) is 0 Å². The second kappa shape index (κ2) is 6.38. The van der Waals surface area contributed by atoms with Gasteiger partial charge in [0.1, 0.15) is 0 Å². The predicted octanol–water partition coefficient (Wildman–Crippen LogP) is 3.27. The minimum atomic E-state index is 0.682. The first-order valence-electron chi connectivity index (χ1n) is 8.04. The maximum absolute atomic E-state index is 3.70. The van der Waals surface area contributed by atoms with Gasteiger partial charge in [0, 0.05) is 18.1 Å². The molecule has 2 aliphatic rings. The summed E-state index contributed by atoms with van der Waals surface area (Å²) in [6.45, 7) is 12.2. The van der Waals surface area contributed by atoms with Crippen molar-refractivity contribution in [2.45, 2.75) is 77.9 Å². The molecule has 106 valence electrons. The Labute approximate surface area is 114 Å². The van der Waals surface area contributed by atoms with Gasteiger partial charge in [-0.05, 0) is 70.9 Å². The highest BCUT2D eigenvalue weighted by Crippen LogP contribution is 2.32. The Morgan fingerprint density at radius 2 is 1.28 bits per heavy atom. The molecule has 1 N–H and O–H groups in total. The molecule has 2 heteroatoms. The van der Waals surface area contributed by atoms with E-state index in [2.05, 4.69) is 37.9 Å². The van der Waals surface area contributed by atoms with Crippen molar-refractivity contribution in [2.75, 3.05) is 13.1 Å². The topological polar surface area (TPSA) is 15.3 Å². The number of hydrogen-bond donors (Lipinski definition) is 1. The van der Waals surface area contributed by atoms with Gasteiger partial charge in [-0.15, -0.1) is 0 Å². The van der Waals surface area contributed by atoms with Crippen molar-refractivity contribution in [3.8, 4) is 0 Å². The molecule has 0 radical (unpaired) electrons. The molecule has 1 aliphatic carbocycles. The van der Waals surface area contributed by atoms with E-state index >= 15 is 0 Å².